The maximum Gasteiger partial charge on any atom is 0.166 e. The van der Waals surface area contributed by atoms with E-state index in [-0.39, 0.29) is 0 Å². The van der Waals surface area contributed by atoms with E-state index in [1.807, 2.05) is 6.07 Å². The molecule has 0 bridgehead atoms. The molecule has 0 spiro atoms. The molecule has 2 heterocycles. The van der Waals surface area contributed by atoms with Crippen LogP contribution in [0.25, 0.3) is 5.69 Å². The molecular weight excluding hydrogens is 200 g/mol. The molecule has 0 aliphatic carbocycles. The average molecular weight is 205 g/mol. The summed E-state index contributed by atoms with van der Waals surface area (Å²) in [6.45, 7) is 0. The van der Waals surface area contributed by atoms with Crippen molar-refractivity contribution in [3.05, 3.63) is 41.4 Å². The molecule has 0 saturated carbocycles. The Bertz CT molecular complexity index is 498. The van der Waals surface area contributed by atoms with Crippen LogP contribution in [0.3, 0.4) is 0 Å². The highest BCUT2D eigenvalue weighted by molar-refractivity contribution is 6.30. The SMILES string of the molecule is N#Cc1ncccc1-n1cc(Cl)cn1. The highest BCUT2D eigenvalue weighted by Gasteiger charge is 2.05. The number of pyridine rings is 1. The lowest BCUT2D eigenvalue weighted by Crippen LogP contribution is -1.98. The molecule has 0 aromatic carbocycles. The minimum atomic E-state index is 0.326. The Morgan fingerprint density at radius 2 is 2.36 bits per heavy atom. The second-order valence-electron chi connectivity index (χ2n) is 2.59. The van der Waals surface area contributed by atoms with Crippen LogP contribution in [0.5, 0.6) is 0 Å². The van der Waals surface area contributed by atoms with E-state index in [1.165, 1.54) is 10.9 Å². The second-order valence-corrected chi connectivity index (χ2v) is 3.02. The number of hydrogen-bond donors (Lipinski definition) is 0. The number of nitriles is 1. The molecule has 0 radical (unpaired) electrons. The molecule has 2 rings (SSSR count). The van der Waals surface area contributed by atoms with Gasteiger partial charge in [-0.05, 0) is 12.1 Å². The second kappa shape index (κ2) is 3.48. The first-order valence-corrected chi connectivity index (χ1v) is 4.25. The van der Waals surface area contributed by atoms with Crippen molar-refractivity contribution >= 4 is 11.6 Å². The smallest absolute Gasteiger partial charge is 0.166 e. The predicted octanol–water partition coefficient (Wildman–Crippen LogP) is 1.79. The van der Waals surface area contributed by atoms with Gasteiger partial charge < -0.3 is 0 Å². The van der Waals surface area contributed by atoms with Gasteiger partial charge in [0.05, 0.1) is 11.2 Å². The zero-order valence-corrected chi connectivity index (χ0v) is 7.81. The third kappa shape index (κ3) is 1.45. The Labute approximate surface area is 85.4 Å². The van der Waals surface area contributed by atoms with Crippen LogP contribution in [0.15, 0.2) is 30.7 Å². The quantitative estimate of drug-likeness (QED) is 0.712. The maximum atomic E-state index is 8.80. The Balaban J connectivity index is 2.57. The van der Waals surface area contributed by atoms with Gasteiger partial charge in [0.1, 0.15) is 11.8 Å². The van der Waals surface area contributed by atoms with Crippen molar-refractivity contribution in [2.24, 2.45) is 0 Å². The number of rotatable bonds is 1. The van der Waals surface area contributed by atoms with Crippen molar-refractivity contribution in [1.29, 1.82) is 5.26 Å². The molecule has 0 unspecified atom stereocenters. The molecule has 0 atom stereocenters. The van der Waals surface area contributed by atoms with Crippen molar-refractivity contribution < 1.29 is 0 Å². The molecule has 0 amide bonds. The summed E-state index contributed by atoms with van der Waals surface area (Å²) < 4.78 is 1.52. The van der Waals surface area contributed by atoms with Crippen LogP contribution in [0.2, 0.25) is 5.02 Å². The third-order valence-corrected chi connectivity index (χ3v) is 1.89. The number of halogens is 1. The number of aromatic nitrogens is 3. The van der Waals surface area contributed by atoms with Crippen molar-refractivity contribution in [1.82, 2.24) is 14.8 Å². The summed E-state index contributed by atoms with van der Waals surface area (Å²) in [6, 6.07) is 5.49. The molecule has 4 nitrogen and oxygen atoms in total. The maximum absolute atomic E-state index is 8.80. The predicted molar refractivity (Wildman–Crippen MR) is 51.1 cm³/mol. The molecule has 14 heavy (non-hydrogen) atoms. The lowest BCUT2D eigenvalue weighted by atomic mass is 10.3. The lowest BCUT2D eigenvalue weighted by molar-refractivity contribution is 0.869. The van der Waals surface area contributed by atoms with Crippen LogP contribution in [0.4, 0.5) is 0 Å². The van der Waals surface area contributed by atoms with Gasteiger partial charge in [0.2, 0.25) is 0 Å². The Morgan fingerprint density at radius 1 is 1.50 bits per heavy atom. The van der Waals surface area contributed by atoms with Gasteiger partial charge in [-0.25, -0.2) is 9.67 Å². The summed E-state index contributed by atoms with van der Waals surface area (Å²) in [5, 5.41) is 13.3. The van der Waals surface area contributed by atoms with E-state index in [4.69, 9.17) is 16.9 Å². The Kier molecular flexibility index (Phi) is 2.17. The van der Waals surface area contributed by atoms with Crippen LogP contribution in [-0.4, -0.2) is 14.8 Å². The van der Waals surface area contributed by atoms with Crippen molar-refractivity contribution in [2.45, 2.75) is 0 Å². The van der Waals surface area contributed by atoms with E-state index in [2.05, 4.69) is 10.1 Å². The zero-order valence-electron chi connectivity index (χ0n) is 7.05. The first-order valence-electron chi connectivity index (χ1n) is 3.87. The molecule has 0 fully saturated rings. The van der Waals surface area contributed by atoms with E-state index in [1.54, 1.807) is 24.5 Å². The molecule has 0 N–H and O–H groups in total. The number of nitrogens with zero attached hydrogens (tertiary/aromatic N) is 4. The first-order chi connectivity index (χ1) is 6.81. The van der Waals surface area contributed by atoms with Crippen LogP contribution >= 0.6 is 11.6 Å². The van der Waals surface area contributed by atoms with Crippen LogP contribution < -0.4 is 0 Å². The third-order valence-electron chi connectivity index (χ3n) is 1.69. The summed E-state index contributed by atoms with van der Waals surface area (Å²) in [7, 11) is 0. The Morgan fingerprint density at radius 3 is 3.00 bits per heavy atom. The van der Waals surface area contributed by atoms with Gasteiger partial charge >= 0.3 is 0 Å². The average Bonchev–Trinajstić information content (AvgIpc) is 2.65. The minimum absolute atomic E-state index is 0.326. The lowest BCUT2D eigenvalue weighted by Gasteiger charge is -2.00. The fraction of sp³-hybridized carbons (Fsp3) is 0. The Hall–Kier alpha value is -1.86. The van der Waals surface area contributed by atoms with Gasteiger partial charge in [0.25, 0.3) is 0 Å². The van der Waals surface area contributed by atoms with Crippen molar-refractivity contribution in [2.75, 3.05) is 0 Å². The van der Waals surface area contributed by atoms with Gasteiger partial charge in [-0.2, -0.15) is 10.4 Å². The first kappa shape index (κ1) is 8.73. The molecule has 2 aromatic rings. The van der Waals surface area contributed by atoms with E-state index < -0.39 is 0 Å². The molecule has 2 aromatic heterocycles. The highest BCUT2D eigenvalue weighted by Crippen LogP contribution is 2.13. The van der Waals surface area contributed by atoms with Crippen LogP contribution in [-0.2, 0) is 0 Å². The minimum Gasteiger partial charge on any atom is -0.243 e. The van der Waals surface area contributed by atoms with E-state index in [9.17, 15) is 0 Å². The molecule has 5 heteroatoms. The fourth-order valence-electron chi connectivity index (χ4n) is 1.10. The number of hydrogen-bond acceptors (Lipinski definition) is 3. The summed E-state index contributed by atoms with van der Waals surface area (Å²) in [4.78, 5) is 3.92. The molecule has 0 saturated heterocycles. The van der Waals surface area contributed by atoms with Crippen molar-refractivity contribution in [3.63, 3.8) is 0 Å². The van der Waals surface area contributed by atoms with Crippen LogP contribution in [0, 0.1) is 11.3 Å². The standard InChI is InChI=1S/C9H5ClN4/c10-7-5-13-14(6-7)9-2-1-3-12-8(9)4-11/h1-3,5-6H. The van der Waals surface area contributed by atoms with Gasteiger partial charge in [0.15, 0.2) is 5.69 Å². The topological polar surface area (TPSA) is 54.5 Å². The van der Waals surface area contributed by atoms with E-state index in [0.717, 1.165) is 0 Å². The van der Waals surface area contributed by atoms with E-state index >= 15 is 0 Å². The van der Waals surface area contributed by atoms with Gasteiger partial charge in [-0.15, -0.1) is 0 Å². The summed E-state index contributed by atoms with van der Waals surface area (Å²) in [5.74, 6) is 0. The highest BCUT2D eigenvalue weighted by atomic mass is 35.5. The summed E-state index contributed by atoms with van der Waals surface area (Å²) in [6.07, 6.45) is 4.70. The fourth-order valence-corrected chi connectivity index (χ4v) is 1.24. The van der Waals surface area contributed by atoms with E-state index in [0.29, 0.717) is 16.4 Å². The summed E-state index contributed by atoms with van der Waals surface area (Å²) >= 11 is 5.72. The zero-order chi connectivity index (χ0) is 9.97. The molecule has 0 aliphatic rings. The largest absolute Gasteiger partial charge is 0.243 e. The van der Waals surface area contributed by atoms with Gasteiger partial charge in [-0.1, -0.05) is 11.6 Å². The molecule has 0 aliphatic heterocycles. The molecule has 68 valence electrons. The van der Waals surface area contributed by atoms with Gasteiger partial charge in [0, 0.05) is 12.4 Å². The summed E-state index contributed by atoms with van der Waals surface area (Å²) in [5.41, 5.74) is 0.953. The van der Waals surface area contributed by atoms with Gasteiger partial charge in [-0.3, -0.25) is 0 Å². The normalized spacial score (nSPS) is 9.71. The molecular formula is C9H5ClN4. The van der Waals surface area contributed by atoms with Crippen LogP contribution in [0.1, 0.15) is 5.69 Å². The van der Waals surface area contributed by atoms with Crippen molar-refractivity contribution in [3.8, 4) is 11.8 Å². The monoisotopic (exact) mass is 204 g/mol.